The predicted molar refractivity (Wildman–Crippen MR) is 77.1 cm³/mol. The summed E-state index contributed by atoms with van der Waals surface area (Å²) in [6, 6.07) is 4.77. The van der Waals surface area contributed by atoms with E-state index in [4.69, 9.17) is 9.84 Å². The number of rotatable bonds is 5. The summed E-state index contributed by atoms with van der Waals surface area (Å²) in [5, 5.41) is 11.5. The minimum absolute atomic E-state index is 0.0350. The van der Waals surface area contributed by atoms with Gasteiger partial charge < -0.3 is 20.1 Å². The molecule has 0 bridgehead atoms. The van der Waals surface area contributed by atoms with Gasteiger partial charge in [-0.25, -0.2) is 4.79 Å². The fourth-order valence-corrected chi connectivity index (χ4v) is 2.38. The van der Waals surface area contributed by atoms with Crippen molar-refractivity contribution in [2.45, 2.75) is 18.9 Å². The van der Waals surface area contributed by atoms with Crippen LogP contribution in [0.15, 0.2) is 22.7 Å². The van der Waals surface area contributed by atoms with Crippen molar-refractivity contribution in [1.29, 1.82) is 0 Å². The monoisotopic (exact) mass is 342 g/mol. The van der Waals surface area contributed by atoms with E-state index >= 15 is 0 Å². The first kappa shape index (κ1) is 14.6. The number of aliphatic carboxylic acids is 1. The molecular weight excluding hydrogens is 328 g/mol. The molecule has 6 nitrogen and oxygen atoms in total. The van der Waals surface area contributed by atoms with Crippen molar-refractivity contribution in [1.82, 2.24) is 4.90 Å². The molecule has 1 aliphatic carbocycles. The van der Waals surface area contributed by atoms with Gasteiger partial charge in [0.15, 0.2) is 0 Å². The van der Waals surface area contributed by atoms with Crippen molar-refractivity contribution in [3.05, 3.63) is 22.7 Å². The van der Waals surface area contributed by atoms with Crippen LogP contribution in [0.4, 0.5) is 10.5 Å². The first-order chi connectivity index (χ1) is 9.51. The molecule has 0 heterocycles. The summed E-state index contributed by atoms with van der Waals surface area (Å²) in [6.07, 6.45) is 1.71. The van der Waals surface area contributed by atoms with Crippen molar-refractivity contribution < 1.29 is 19.4 Å². The Morgan fingerprint density at radius 1 is 1.50 bits per heavy atom. The molecule has 0 radical (unpaired) electrons. The van der Waals surface area contributed by atoms with Crippen molar-refractivity contribution in [2.75, 3.05) is 19.0 Å². The number of carboxylic acid groups (broad SMARTS) is 1. The highest BCUT2D eigenvalue weighted by Crippen LogP contribution is 2.29. The lowest BCUT2D eigenvalue weighted by molar-refractivity contribution is -0.137. The lowest BCUT2D eigenvalue weighted by atomic mass is 10.3. The van der Waals surface area contributed by atoms with E-state index in [0.717, 1.165) is 12.8 Å². The SMILES string of the molecule is COc1ccc(NC(=O)N(CC(=O)O)C2CC2)cc1Br. The average molecular weight is 343 g/mol. The van der Waals surface area contributed by atoms with Crippen LogP contribution in [0.25, 0.3) is 0 Å². The van der Waals surface area contributed by atoms with Gasteiger partial charge in [0.05, 0.1) is 11.6 Å². The van der Waals surface area contributed by atoms with Crippen LogP contribution in [0.2, 0.25) is 0 Å². The molecule has 20 heavy (non-hydrogen) atoms. The Kier molecular flexibility index (Phi) is 4.49. The topological polar surface area (TPSA) is 78.9 Å². The van der Waals surface area contributed by atoms with Crippen molar-refractivity contribution in [3.8, 4) is 5.75 Å². The van der Waals surface area contributed by atoms with Crippen LogP contribution in [0.1, 0.15) is 12.8 Å². The molecule has 0 spiro atoms. The maximum atomic E-state index is 12.1. The summed E-state index contributed by atoms with van der Waals surface area (Å²) in [5.41, 5.74) is 0.582. The quantitative estimate of drug-likeness (QED) is 0.861. The largest absolute Gasteiger partial charge is 0.496 e. The maximum Gasteiger partial charge on any atom is 0.323 e. The summed E-state index contributed by atoms with van der Waals surface area (Å²) in [5.74, 6) is -0.351. The Hall–Kier alpha value is -1.76. The Morgan fingerprint density at radius 2 is 2.20 bits per heavy atom. The number of carbonyl (C=O) groups is 2. The van der Waals surface area contributed by atoms with Gasteiger partial charge >= 0.3 is 12.0 Å². The molecule has 108 valence electrons. The van der Waals surface area contributed by atoms with E-state index < -0.39 is 12.0 Å². The number of methoxy groups -OCH3 is 1. The highest BCUT2D eigenvalue weighted by Gasteiger charge is 2.33. The Labute approximate surface area is 124 Å². The molecule has 0 aromatic heterocycles. The summed E-state index contributed by atoms with van der Waals surface area (Å²) in [7, 11) is 1.56. The number of amides is 2. The van der Waals surface area contributed by atoms with E-state index in [9.17, 15) is 9.59 Å². The third kappa shape index (κ3) is 3.63. The number of halogens is 1. The molecule has 0 atom stereocenters. The van der Waals surface area contributed by atoms with Crippen molar-refractivity contribution in [2.24, 2.45) is 0 Å². The van der Waals surface area contributed by atoms with Crippen LogP contribution < -0.4 is 10.1 Å². The molecule has 2 rings (SSSR count). The number of carboxylic acids is 1. The normalized spacial score (nSPS) is 13.7. The minimum atomic E-state index is -1.01. The summed E-state index contributed by atoms with van der Waals surface area (Å²) in [6.45, 7) is -0.284. The fourth-order valence-electron chi connectivity index (χ4n) is 1.84. The number of urea groups is 1. The second kappa shape index (κ2) is 6.13. The number of carbonyl (C=O) groups excluding carboxylic acids is 1. The molecule has 0 saturated heterocycles. The number of nitrogens with zero attached hydrogens (tertiary/aromatic N) is 1. The van der Waals surface area contributed by atoms with E-state index in [1.807, 2.05) is 0 Å². The van der Waals surface area contributed by atoms with Crippen LogP contribution in [0.3, 0.4) is 0 Å². The van der Waals surface area contributed by atoms with Gasteiger partial charge in [0, 0.05) is 11.7 Å². The Balaban J connectivity index is 2.05. The van der Waals surface area contributed by atoms with Gasteiger partial charge in [-0.3, -0.25) is 4.79 Å². The third-order valence-electron chi connectivity index (χ3n) is 2.96. The smallest absolute Gasteiger partial charge is 0.323 e. The molecule has 2 N–H and O–H groups in total. The first-order valence-corrected chi connectivity index (χ1v) is 6.93. The summed E-state index contributed by atoms with van der Waals surface area (Å²) < 4.78 is 5.82. The van der Waals surface area contributed by atoms with Gasteiger partial charge in [0.1, 0.15) is 12.3 Å². The summed E-state index contributed by atoms with van der Waals surface area (Å²) in [4.78, 5) is 24.2. The van der Waals surface area contributed by atoms with E-state index in [1.165, 1.54) is 4.90 Å². The lowest BCUT2D eigenvalue weighted by Crippen LogP contribution is -2.40. The van der Waals surface area contributed by atoms with Gasteiger partial charge in [-0.2, -0.15) is 0 Å². The van der Waals surface area contributed by atoms with E-state index in [2.05, 4.69) is 21.2 Å². The van der Waals surface area contributed by atoms with Crippen LogP contribution >= 0.6 is 15.9 Å². The number of ether oxygens (including phenoxy) is 1. The highest BCUT2D eigenvalue weighted by molar-refractivity contribution is 9.10. The lowest BCUT2D eigenvalue weighted by Gasteiger charge is -2.20. The third-order valence-corrected chi connectivity index (χ3v) is 3.58. The van der Waals surface area contributed by atoms with Gasteiger partial charge in [-0.1, -0.05) is 0 Å². The fraction of sp³-hybridized carbons (Fsp3) is 0.385. The number of nitrogens with one attached hydrogen (secondary N) is 1. The molecule has 0 unspecified atom stereocenters. The second-order valence-corrected chi connectivity index (χ2v) is 5.39. The first-order valence-electron chi connectivity index (χ1n) is 6.14. The molecular formula is C13H15BrN2O4. The van der Waals surface area contributed by atoms with Gasteiger partial charge in [0.25, 0.3) is 0 Å². The van der Waals surface area contributed by atoms with Crippen LogP contribution in [-0.2, 0) is 4.79 Å². The van der Waals surface area contributed by atoms with E-state index in [1.54, 1.807) is 25.3 Å². The highest BCUT2D eigenvalue weighted by atomic mass is 79.9. The number of hydrogen-bond acceptors (Lipinski definition) is 3. The number of anilines is 1. The molecule has 0 aliphatic heterocycles. The zero-order chi connectivity index (χ0) is 14.7. The number of benzene rings is 1. The van der Waals surface area contributed by atoms with Gasteiger partial charge in [-0.15, -0.1) is 0 Å². The molecule has 1 saturated carbocycles. The second-order valence-electron chi connectivity index (χ2n) is 4.53. The molecule has 7 heteroatoms. The van der Waals surface area contributed by atoms with Crippen LogP contribution in [0, 0.1) is 0 Å². The van der Waals surface area contributed by atoms with E-state index in [-0.39, 0.29) is 12.6 Å². The molecule has 1 fully saturated rings. The van der Waals surface area contributed by atoms with Gasteiger partial charge in [0.2, 0.25) is 0 Å². The average Bonchev–Trinajstić information content (AvgIpc) is 3.20. The molecule has 2 amide bonds. The van der Waals surface area contributed by atoms with E-state index in [0.29, 0.717) is 15.9 Å². The zero-order valence-electron chi connectivity index (χ0n) is 10.9. The maximum absolute atomic E-state index is 12.1. The molecule has 1 aliphatic rings. The van der Waals surface area contributed by atoms with Crippen molar-refractivity contribution >= 4 is 33.6 Å². The Bertz CT molecular complexity index is 531. The van der Waals surface area contributed by atoms with Gasteiger partial charge in [-0.05, 0) is 47.0 Å². The van der Waals surface area contributed by atoms with Crippen LogP contribution in [-0.4, -0.2) is 41.7 Å². The van der Waals surface area contributed by atoms with Crippen LogP contribution in [0.5, 0.6) is 5.75 Å². The zero-order valence-corrected chi connectivity index (χ0v) is 12.5. The molecule has 1 aromatic rings. The summed E-state index contributed by atoms with van der Waals surface area (Å²) >= 11 is 3.33. The van der Waals surface area contributed by atoms with Crippen molar-refractivity contribution in [3.63, 3.8) is 0 Å². The Morgan fingerprint density at radius 3 is 2.70 bits per heavy atom. The number of hydrogen-bond donors (Lipinski definition) is 2. The minimum Gasteiger partial charge on any atom is -0.496 e. The standard InChI is InChI=1S/C13H15BrN2O4/c1-20-11-5-2-8(6-10(11)14)15-13(19)16(7-12(17)18)9-3-4-9/h2,5-6,9H,3-4,7H2,1H3,(H,15,19)(H,17,18). The molecule has 1 aromatic carbocycles. The predicted octanol–water partition coefficient (Wildman–Crippen LogP) is 2.54.